The van der Waals surface area contributed by atoms with Crippen molar-refractivity contribution in [2.45, 2.75) is 20.3 Å². The van der Waals surface area contributed by atoms with E-state index in [1.165, 1.54) is 0 Å². The van der Waals surface area contributed by atoms with Crippen LogP contribution in [0.3, 0.4) is 0 Å². The number of hydrogen-bond acceptors (Lipinski definition) is 2. The number of aromatic amines is 1. The van der Waals surface area contributed by atoms with Gasteiger partial charge in [-0.25, -0.2) is 4.98 Å². The summed E-state index contributed by atoms with van der Waals surface area (Å²) < 4.78 is 0. The molecule has 0 fully saturated rings. The first-order chi connectivity index (χ1) is 6.65. The highest BCUT2D eigenvalue weighted by Crippen LogP contribution is 2.15. The molecule has 2 N–H and O–H groups in total. The van der Waals surface area contributed by atoms with E-state index < -0.39 is 0 Å². The molecular formula is C10H17N3O. The monoisotopic (exact) mass is 195 g/mol. The van der Waals surface area contributed by atoms with Crippen molar-refractivity contribution in [2.75, 3.05) is 7.05 Å². The van der Waals surface area contributed by atoms with Crippen molar-refractivity contribution < 1.29 is 4.79 Å². The molecule has 0 unspecified atom stereocenters. The average Bonchev–Trinajstić information content (AvgIpc) is 2.65. The molecule has 0 bridgehead atoms. The van der Waals surface area contributed by atoms with Crippen LogP contribution >= 0.6 is 0 Å². The summed E-state index contributed by atoms with van der Waals surface area (Å²) >= 11 is 0. The van der Waals surface area contributed by atoms with Gasteiger partial charge in [0, 0.05) is 31.3 Å². The lowest BCUT2D eigenvalue weighted by molar-refractivity contribution is -0.125. The minimum atomic E-state index is 0.0143. The van der Waals surface area contributed by atoms with E-state index in [4.69, 9.17) is 0 Å². The van der Waals surface area contributed by atoms with E-state index in [1.807, 2.05) is 0 Å². The normalized spacial score (nSPS) is 12.9. The summed E-state index contributed by atoms with van der Waals surface area (Å²) in [7, 11) is 1.67. The fourth-order valence-electron chi connectivity index (χ4n) is 1.45. The third-order valence-corrected chi connectivity index (χ3v) is 2.38. The number of imidazole rings is 1. The predicted molar refractivity (Wildman–Crippen MR) is 54.7 cm³/mol. The van der Waals surface area contributed by atoms with Crippen molar-refractivity contribution in [3.63, 3.8) is 0 Å². The van der Waals surface area contributed by atoms with Crippen LogP contribution in [0.25, 0.3) is 0 Å². The molecule has 0 aromatic carbocycles. The van der Waals surface area contributed by atoms with Crippen LogP contribution in [0.2, 0.25) is 0 Å². The highest BCUT2D eigenvalue weighted by molar-refractivity contribution is 5.78. The maximum Gasteiger partial charge on any atom is 0.223 e. The van der Waals surface area contributed by atoms with Crippen molar-refractivity contribution in [2.24, 2.45) is 11.8 Å². The Morgan fingerprint density at radius 1 is 1.64 bits per heavy atom. The number of nitrogens with zero attached hydrogens (tertiary/aromatic N) is 1. The lowest BCUT2D eigenvalue weighted by atomic mass is 9.90. The van der Waals surface area contributed by atoms with Crippen LogP contribution in [0.1, 0.15) is 19.5 Å². The molecule has 0 aliphatic rings. The van der Waals surface area contributed by atoms with Gasteiger partial charge in [-0.1, -0.05) is 13.8 Å². The topological polar surface area (TPSA) is 57.8 Å². The zero-order valence-corrected chi connectivity index (χ0v) is 8.87. The van der Waals surface area contributed by atoms with Gasteiger partial charge in [-0.05, 0) is 5.92 Å². The molecule has 0 radical (unpaired) electrons. The third-order valence-electron chi connectivity index (χ3n) is 2.38. The van der Waals surface area contributed by atoms with E-state index in [1.54, 1.807) is 19.6 Å². The van der Waals surface area contributed by atoms with Crippen molar-refractivity contribution in [1.82, 2.24) is 15.3 Å². The van der Waals surface area contributed by atoms with E-state index in [0.717, 1.165) is 12.1 Å². The first-order valence-electron chi connectivity index (χ1n) is 4.84. The van der Waals surface area contributed by atoms with Crippen molar-refractivity contribution in [3.8, 4) is 0 Å². The SMILES string of the molecule is CNC(=O)[C@H](Cc1cnc[nH]1)C(C)C. The Labute approximate surface area is 84.1 Å². The molecule has 1 atom stereocenters. The quantitative estimate of drug-likeness (QED) is 0.752. The van der Waals surface area contributed by atoms with E-state index in [9.17, 15) is 4.79 Å². The Bertz CT molecular complexity index is 280. The maximum atomic E-state index is 11.5. The van der Waals surface area contributed by atoms with Crippen molar-refractivity contribution in [1.29, 1.82) is 0 Å². The van der Waals surface area contributed by atoms with Crippen LogP contribution in [0.15, 0.2) is 12.5 Å². The molecule has 78 valence electrons. The second-order valence-corrected chi connectivity index (χ2v) is 3.75. The molecule has 0 aliphatic carbocycles. The smallest absolute Gasteiger partial charge is 0.223 e. The summed E-state index contributed by atoms with van der Waals surface area (Å²) in [5.74, 6) is 0.438. The molecule has 0 saturated carbocycles. The summed E-state index contributed by atoms with van der Waals surface area (Å²) in [5, 5.41) is 2.69. The molecule has 0 spiro atoms. The molecular weight excluding hydrogens is 178 g/mol. The number of amides is 1. The summed E-state index contributed by atoms with van der Waals surface area (Å²) in [6.07, 6.45) is 4.12. The van der Waals surface area contributed by atoms with Crippen LogP contribution < -0.4 is 5.32 Å². The van der Waals surface area contributed by atoms with Crippen LogP contribution in [0.4, 0.5) is 0 Å². The van der Waals surface area contributed by atoms with Gasteiger partial charge in [-0.2, -0.15) is 0 Å². The number of aromatic nitrogens is 2. The fraction of sp³-hybridized carbons (Fsp3) is 0.600. The number of carbonyl (C=O) groups is 1. The molecule has 1 amide bonds. The zero-order chi connectivity index (χ0) is 10.6. The second kappa shape index (κ2) is 4.79. The maximum absolute atomic E-state index is 11.5. The molecule has 4 nitrogen and oxygen atoms in total. The van der Waals surface area contributed by atoms with Gasteiger partial charge in [0.15, 0.2) is 0 Å². The summed E-state index contributed by atoms with van der Waals surface area (Å²) in [5.41, 5.74) is 1.01. The number of hydrogen-bond donors (Lipinski definition) is 2. The number of rotatable bonds is 4. The lowest BCUT2D eigenvalue weighted by Gasteiger charge is -2.17. The standard InChI is InChI=1S/C10H17N3O/c1-7(2)9(10(14)11-3)4-8-5-12-6-13-8/h5-7,9H,4H2,1-3H3,(H,11,14)(H,12,13)/t9-/m1/s1. The van der Waals surface area contributed by atoms with Crippen molar-refractivity contribution >= 4 is 5.91 Å². The van der Waals surface area contributed by atoms with E-state index in [-0.39, 0.29) is 11.8 Å². The van der Waals surface area contributed by atoms with Gasteiger partial charge in [0.25, 0.3) is 0 Å². The predicted octanol–water partition coefficient (Wildman–Crippen LogP) is 0.970. The Kier molecular flexibility index (Phi) is 3.68. The van der Waals surface area contributed by atoms with Crippen LogP contribution in [-0.2, 0) is 11.2 Å². The number of nitrogens with one attached hydrogen (secondary N) is 2. The molecule has 1 aromatic heterocycles. The summed E-state index contributed by atoms with van der Waals surface area (Å²) in [4.78, 5) is 18.5. The average molecular weight is 195 g/mol. The second-order valence-electron chi connectivity index (χ2n) is 3.75. The van der Waals surface area contributed by atoms with Gasteiger partial charge >= 0.3 is 0 Å². The Morgan fingerprint density at radius 2 is 2.36 bits per heavy atom. The highest BCUT2D eigenvalue weighted by atomic mass is 16.1. The third kappa shape index (κ3) is 2.58. The van der Waals surface area contributed by atoms with Crippen molar-refractivity contribution in [3.05, 3.63) is 18.2 Å². The molecule has 1 aromatic rings. The van der Waals surface area contributed by atoms with Gasteiger partial charge in [0.05, 0.1) is 6.33 Å². The van der Waals surface area contributed by atoms with E-state index in [0.29, 0.717) is 5.92 Å². The van der Waals surface area contributed by atoms with E-state index in [2.05, 4.69) is 29.1 Å². The first kappa shape index (κ1) is 10.8. The Morgan fingerprint density at radius 3 is 2.79 bits per heavy atom. The van der Waals surface area contributed by atoms with Gasteiger partial charge in [0.1, 0.15) is 0 Å². The van der Waals surface area contributed by atoms with Crippen LogP contribution in [-0.4, -0.2) is 22.9 Å². The Balaban J connectivity index is 2.65. The van der Waals surface area contributed by atoms with E-state index >= 15 is 0 Å². The first-order valence-corrected chi connectivity index (χ1v) is 4.84. The minimum Gasteiger partial charge on any atom is -0.359 e. The van der Waals surface area contributed by atoms with Gasteiger partial charge < -0.3 is 10.3 Å². The molecule has 0 saturated heterocycles. The van der Waals surface area contributed by atoms with Gasteiger partial charge in [0.2, 0.25) is 5.91 Å². The zero-order valence-electron chi connectivity index (χ0n) is 8.87. The highest BCUT2D eigenvalue weighted by Gasteiger charge is 2.21. The molecule has 4 heteroatoms. The molecule has 14 heavy (non-hydrogen) atoms. The fourth-order valence-corrected chi connectivity index (χ4v) is 1.45. The number of carbonyl (C=O) groups excluding carboxylic acids is 1. The Hall–Kier alpha value is -1.32. The summed E-state index contributed by atoms with van der Waals surface area (Å²) in [6, 6.07) is 0. The largest absolute Gasteiger partial charge is 0.359 e. The minimum absolute atomic E-state index is 0.0143. The molecule has 0 aliphatic heterocycles. The number of H-pyrrole nitrogens is 1. The van der Waals surface area contributed by atoms with Crippen LogP contribution in [0.5, 0.6) is 0 Å². The molecule has 1 rings (SSSR count). The summed E-state index contributed by atoms with van der Waals surface area (Å²) in [6.45, 7) is 4.10. The van der Waals surface area contributed by atoms with Gasteiger partial charge in [-0.3, -0.25) is 4.79 Å². The lowest BCUT2D eigenvalue weighted by Crippen LogP contribution is -2.32. The van der Waals surface area contributed by atoms with Crippen LogP contribution in [0, 0.1) is 11.8 Å². The molecule has 1 heterocycles. The van der Waals surface area contributed by atoms with Gasteiger partial charge in [-0.15, -0.1) is 0 Å².